The van der Waals surface area contributed by atoms with Crippen LogP contribution in [0.4, 0.5) is 0 Å². The molecule has 0 amide bonds. The summed E-state index contributed by atoms with van der Waals surface area (Å²) in [5.41, 5.74) is 0.763. The Morgan fingerprint density at radius 3 is 2.82 bits per heavy atom. The molecule has 88 valence electrons. The summed E-state index contributed by atoms with van der Waals surface area (Å²) in [5, 5.41) is 11.9. The fraction of sp³-hybridized carbons (Fsp3) is 0.100. The van der Waals surface area contributed by atoms with E-state index in [1.807, 2.05) is 0 Å². The van der Waals surface area contributed by atoms with Crippen molar-refractivity contribution in [3.05, 3.63) is 44.4 Å². The summed E-state index contributed by atoms with van der Waals surface area (Å²) in [6, 6.07) is 5.19. The van der Waals surface area contributed by atoms with Crippen molar-refractivity contribution in [3.8, 4) is 0 Å². The lowest BCUT2D eigenvalue weighted by molar-refractivity contribution is 0.821. The molecule has 0 aliphatic carbocycles. The van der Waals surface area contributed by atoms with E-state index in [0.717, 1.165) is 5.56 Å². The van der Waals surface area contributed by atoms with E-state index < -0.39 is 0 Å². The second kappa shape index (κ2) is 5.00. The molecule has 0 atom stereocenters. The summed E-state index contributed by atoms with van der Waals surface area (Å²) in [6.07, 6.45) is 1.61. The first-order valence-electron chi connectivity index (χ1n) is 4.71. The van der Waals surface area contributed by atoms with Gasteiger partial charge in [0, 0.05) is 10.6 Å². The highest BCUT2D eigenvalue weighted by molar-refractivity contribution is 7.71. The topological polar surface area (TPSA) is 46.0 Å². The van der Waals surface area contributed by atoms with E-state index >= 15 is 0 Å². The van der Waals surface area contributed by atoms with Crippen LogP contribution < -0.4 is 0 Å². The quantitative estimate of drug-likeness (QED) is 0.679. The van der Waals surface area contributed by atoms with Gasteiger partial charge in [-0.3, -0.25) is 5.10 Å². The molecular formula is C10H8Cl2N4S. The van der Waals surface area contributed by atoms with E-state index in [9.17, 15) is 0 Å². The van der Waals surface area contributed by atoms with E-state index in [-0.39, 0.29) is 0 Å². The molecule has 0 aliphatic rings. The predicted octanol–water partition coefficient (Wildman–Crippen LogP) is 3.44. The van der Waals surface area contributed by atoms with Crippen LogP contribution in [0.3, 0.4) is 0 Å². The van der Waals surface area contributed by atoms with Gasteiger partial charge >= 0.3 is 0 Å². The summed E-state index contributed by atoms with van der Waals surface area (Å²) in [7, 11) is 0. The highest BCUT2D eigenvalue weighted by Crippen LogP contribution is 2.19. The second-order valence-electron chi connectivity index (χ2n) is 3.30. The number of nitrogens with one attached hydrogen (secondary N) is 1. The summed E-state index contributed by atoms with van der Waals surface area (Å²) in [6.45, 7) is 1.80. The SMILES string of the molecule is Cc1n[nH]c(=S)n1/N=C/c1ccc(Cl)cc1Cl. The Labute approximate surface area is 113 Å². The molecule has 1 heterocycles. The molecule has 0 unspecified atom stereocenters. The minimum absolute atomic E-state index is 0.434. The molecule has 1 N–H and O–H groups in total. The Balaban J connectivity index is 2.36. The molecule has 0 fully saturated rings. The van der Waals surface area contributed by atoms with Gasteiger partial charge in [-0.1, -0.05) is 29.3 Å². The van der Waals surface area contributed by atoms with Gasteiger partial charge in [0.15, 0.2) is 0 Å². The van der Waals surface area contributed by atoms with Gasteiger partial charge in [0.25, 0.3) is 0 Å². The van der Waals surface area contributed by atoms with Crippen molar-refractivity contribution in [1.29, 1.82) is 0 Å². The van der Waals surface area contributed by atoms with Crippen molar-refractivity contribution >= 4 is 41.6 Å². The molecule has 0 radical (unpaired) electrons. The number of H-pyrrole nitrogens is 1. The number of rotatable bonds is 2. The van der Waals surface area contributed by atoms with Crippen molar-refractivity contribution in [2.75, 3.05) is 0 Å². The van der Waals surface area contributed by atoms with Crippen LogP contribution in [-0.4, -0.2) is 21.1 Å². The summed E-state index contributed by atoms with van der Waals surface area (Å²) >= 11 is 16.8. The maximum atomic E-state index is 6.01. The van der Waals surface area contributed by atoms with E-state index in [0.29, 0.717) is 20.6 Å². The number of aromatic amines is 1. The van der Waals surface area contributed by atoms with Gasteiger partial charge in [-0.2, -0.15) is 14.9 Å². The van der Waals surface area contributed by atoms with E-state index in [4.69, 9.17) is 35.4 Å². The molecule has 0 aliphatic heterocycles. The third-order valence-corrected chi connectivity index (χ3v) is 2.91. The van der Waals surface area contributed by atoms with Crippen molar-refractivity contribution in [2.45, 2.75) is 6.92 Å². The van der Waals surface area contributed by atoms with Gasteiger partial charge in [-0.15, -0.1) is 0 Å². The Hall–Kier alpha value is -1.17. The maximum Gasteiger partial charge on any atom is 0.216 e. The molecule has 1 aromatic carbocycles. The van der Waals surface area contributed by atoms with E-state index in [1.54, 1.807) is 31.3 Å². The largest absolute Gasteiger partial charge is 0.250 e. The van der Waals surface area contributed by atoms with E-state index in [1.165, 1.54) is 4.68 Å². The van der Waals surface area contributed by atoms with Gasteiger partial charge in [-0.25, -0.2) is 0 Å². The fourth-order valence-corrected chi connectivity index (χ4v) is 1.91. The lowest BCUT2D eigenvalue weighted by atomic mass is 10.2. The smallest absolute Gasteiger partial charge is 0.216 e. The highest BCUT2D eigenvalue weighted by Gasteiger charge is 2.00. The Morgan fingerprint density at radius 1 is 1.47 bits per heavy atom. The van der Waals surface area contributed by atoms with Gasteiger partial charge in [0.2, 0.25) is 4.77 Å². The second-order valence-corrected chi connectivity index (χ2v) is 4.53. The standard InChI is InChI=1S/C10H8Cl2N4S/c1-6-14-15-10(17)16(6)13-5-7-2-3-8(11)4-9(7)12/h2-5H,1H3,(H,15,17)/b13-5+. The number of aromatic nitrogens is 3. The fourth-order valence-electron chi connectivity index (χ4n) is 1.23. The Morgan fingerprint density at radius 2 is 2.24 bits per heavy atom. The molecule has 0 bridgehead atoms. The summed E-state index contributed by atoms with van der Waals surface area (Å²) < 4.78 is 1.95. The number of aryl methyl sites for hydroxylation is 1. The first-order chi connectivity index (χ1) is 8.08. The summed E-state index contributed by atoms with van der Waals surface area (Å²) in [4.78, 5) is 0. The third-order valence-electron chi connectivity index (χ3n) is 2.09. The third kappa shape index (κ3) is 2.74. The molecule has 2 aromatic rings. The van der Waals surface area contributed by atoms with Crippen LogP contribution in [0.5, 0.6) is 0 Å². The first kappa shape index (κ1) is 12.3. The molecule has 0 saturated carbocycles. The zero-order chi connectivity index (χ0) is 12.4. The molecular weight excluding hydrogens is 279 g/mol. The van der Waals surface area contributed by atoms with Crippen LogP contribution in [0, 0.1) is 11.7 Å². The van der Waals surface area contributed by atoms with E-state index in [2.05, 4.69) is 15.3 Å². The number of halogens is 2. The van der Waals surface area contributed by atoms with Crippen LogP contribution in [0.2, 0.25) is 10.0 Å². The van der Waals surface area contributed by atoms with Crippen molar-refractivity contribution in [3.63, 3.8) is 0 Å². The van der Waals surface area contributed by atoms with Crippen LogP contribution in [0.25, 0.3) is 0 Å². The lowest BCUT2D eigenvalue weighted by Crippen LogP contribution is -1.94. The molecule has 2 rings (SSSR count). The highest BCUT2D eigenvalue weighted by atomic mass is 35.5. The normalized spacial score (nSPS) is 11.2. The molecule has 4 nitrogen and oxygen atoms in total. The minimum Gasteiger partial charge on any atom is -0.250 e. The van der Waals surface area contributed by atoms with Crippen molar-refractivity contribution in [2.24, 2.45) is 5.10 Å². The van der Waals surface area contributed by atoms with Crippen molar-refractivity contribution in [1.82, 2.24) is 14.9 Å². The molecule has 17 heavy (non-hydrogen) atoms. The van der Waals surface area contributed by atoms with Gasteiger partial charge < -0.3 is 0 Å². The number of hydrogen-bond donors (Lipinski definition) is 1. The minimum atomic E-state index is 0.434. The zero-order valence-corrected chi connectivity index (χ0v) is 11.1. The Bertz CT molecular complexity index is 629. The van der Waals surface area contributed by atoms with Crippen LogP contribution in [-0.2, 0) is 0 Å². The molecule has 7 heteroatoms. The maximum absolute atomic E-state index is 6.01. The van der Waals surface area contributed by atoms with Crippen LogP contribution in [0.1, 0.15) is 11.4 Å². The number of nitrogens with zero attached hydrogens (tertiary/aromatic N) is 3. The van der Waals surface area contributed by atoms with Gasteiger partial charge in [0.05, 0.1) is 11.2 Å². The molecule has 1 aromatic heterocycles. The van der Waals surface area contributed by atoms with Crippen molar-refractivity contribution < 1.29 is 0 Å². The first-order valence-corrected chi connectivity index (χ1v) is 5.88. The zero-order valence-electron chi connectivity index (χ0n) is 8.82. The summed E-state index contributed by atoms with van der Waals surface area (Å²) in [5.74, 6) is 0.677. The molecule has 0 saturated heterocycles. The number of hydrogen-bond acceptors (Lipinski definition) is 3. The Kier molecular flexibility index (Phi) is 3.61. The predicted molar refractivity (Wildman–Crippen MR) is 71.6 cm³/mol. The lowest BCUT2D eigenvalue weighted by Gasteiger charge is -1.98. The average molecular weight is 287 g/mol. The number of benzene rings is 1. The molecule has 0 spiro atoms. The average Bonchev–Trinajstić information content (AvgIpc) is 2.58. The van der Waals surface area contributed by atoms with Gasteiger partial charge in [-0.05, 0) is 31.3 Å². The van der Waals surface area contributed by atoms with Crippen LogP contribution >= 0.6 is 35.4 Å². The monoisotopic (exact) mass is 286 g/mol. The van der Waals surface area contributed by atoms with Gasteiger partial charge in [0.1, 0.15) is 5.82 Å². The van der Waals surface area contributed by atoms with Crippen LogP contribution in [0.15, 0.2) is 23.3 Å².